The van der Waals surface area contributed by atoms with Crippen molar-refractivity contribution in [3.8, 4) is 11.7 Å². The van der Waals surface area contributed by atoms with Crippen LogP contribution in [0.2, 0.25) is 0 Å². The van der Waals surface area contributed by atoms with Gasteiger partial charge in [-0.2, -0.15) is 0 Å². The minimum atomic E-state index is -1.03. The van der Waals surface area contributed by atoms with Crippen molar-refractivity contribution in [1.82, 2.24) is 4.98 Å². The maximum atomic E-state index is 10.6. The molecule has 0 amide bonds. The molecule has 2 fully saturated rings. The maximum Gasteiger partial charge on any atom is 0.262 e. The van der Waals surface area contributed by atoms with E-state index >= 15 is 0 Å². The van der Waals surface area contributed by atoms with Crippen LogP contribution in [0.15, 0.2) is 33.4 Å². The van der Waals surface area contributed by atoms with Gasteiger partial charge in [0, 0.05) is 18.3 Å². The van der Waals surface area contributed by atoms with Crippen molar-refractivity contribution in [1.29, 1.82) is 0 Å². The third-order valence-corrected chi connectivity index (χ3v) is 5.86. The Labute approximate surface area is 163 Å². The molecule has 4 heterocycles. The van der Waals surface area contributed by atoms with Gasteiger partial charge in [-0.05, 0) is 25.5 Å². The zero-order valence-corrected chi connectivity index (χ0v) is 16.0. The van der Waals surface area contributed by atoms with E-state index in [1.54, 1.807) is 31.5 Å². The fourth-order valence-electron chi connectivity index (χ4n) is 3.83. The van der Waals surface area contributed by atoms with Gasteiger partial charge in [-0.1, -0.05) is 6.92 Å². The number of furan rings is 1. The van der Waals surface area contributed by atoms with Crippen molar-refractivity contribution in [3.63, 3.8) is 0 Å². The summed E-state index contributed by atoms with van der Waals surface area (Å²) in [4.78, 5) is 4.17. The average molecular weight is 393 g/mol. The molecule has 0 aromatic carbocycles. The molecule has 0 spiro atoms. The first kappa shape index (κ1) is 19.6. The van der Waals surface area contributed by atoms with Crippen LogP contribution >= 0.6 is 0 Å². The van der Waals surface area contributed by atoms with Crippen molar-refractivity contribution in [2.24, 2.45) is 11.8 Å². The SMILES string of the molecule is C[C@H]([C@@H]1O[C@H]1C[C@H]1CO[C@@H](Cc2cnc(-c3ccco3)o2)[C@H](O)[C@@H]1O)[C@H](C)O. The Bertz CT molecular complexity index is 758. The van der Waals surface area contributed by atoms with E-state index < -0.39 is 24.4 Å². The second kappa shape index (κ2) is 7.96. The lowest BCUT2D eigenvalue weighted by atomic mass is 9.86. The van der Waals surface area contributed by atoms with E-state index in [1.807, 2.05) is 6.92 Å². The normalized spacial score (nSPS) is 34.9. The van der Waals surface area contributed by atoms with Gasteiger partial charge in [0.1, 0.15) is 11.9 Å². The zero-order chi connectivity index (χ0) is 19.8. The third kappa shape index (κ3) is 4.01. The fraction of sp³-hybridized carbons (Fsp3) is 0.650. The summed E-state index contributed by atoms with van der Waals surface area (Å²) < 4.78 is 22.4. The largest absolute Gasteiger partial charge is 0.459 e. The van der Waals surface area contributed by atoms with Crippen LogP contribution in [0.1, 0.15) is 26.0 Å². The van der Waals surface area contributed by atoms with Crippen LogP contribution in [0.4, 0.5) is 0 Å². The van der Waals surface area contributed by atoms with Crippen LogP contribution in [0, 0.1) is 11.8 Å². The van der Waals surface area contributed by atoms with Crippen LogP contribution in [-0.4, -0.2) is 63.5 Å². The Morgan fingerprint density at radius 3 is 2.75 bits per heavy atom. The number of hydrogen-bond acceptors (Lipinski definition) is 8. The summed E-state index contributed by atoms with van der Waals surface area (Å²) >= 11 is 0. The molecule has 0 bridgehead atoms. The fourth-order valence-corrected chi connectivity index (χ4v) is 3.83. The summed E-state index contributed by atoms with van der Waals surface area (Å²) in [6.07, 6.45) is 1.06. The van der Waals surface area contributed by atoms with Gasteiger partial charge in [0.2, 0.25) is 0 Å². The van der Waals surface area contributed by atoms with Gasteiger partial charge in [-0.3, -0.25) is 0 Å². The number of nitrogens with zero attached hydrogens (tertiary/aromatic N) is 1. The zero-order valence-electron chi connectivity index (χ0n) is 16.0. The topological polar surface area (TPSA) is 122 Å². The van der Waals surface area contributed by atoms with Gasteiger partial charge in [-0.15, -0.1) is 0 Å². The monoisotopic (exact) mass is 393 g/mol. The molecule has 2 aromatic heterocycles. The number of aliphatic hydroxyl groups is 3. The summed E-state index contributed by atoms with van der Waals surface area (Å²) in [6, 6.07) is 3.50. The molecule has 8 nitrogen and oxygen atoms in total. The highest BCUT2D eigenvalue weighted by atomic mass is 16.6. The molecule has 2 aromatic rings. The van der Waals surface area contributed by atoms with Crippen LogP contribution in [0.3, 0.4) is 0 Å². The smallest absolute Gasteiger partial charge is 0.262 e. The highest BCUT2D eigenvalue weighted by Crippen LogP contribution is 2.38. The lowest BCUT2D eigenvalue weighted by molar-refractivity contribution is -0.166. The third-order valence-electron chi connectivity index (χ3n) is 5.86. The molecule has 0 saturated carbocycles. The van der Waals surface area contributed by atoms with Crippen molar-refractivity contribution in [2.75, 3.05) is 6.61 Å². The molecular weight excluding hydrogens is 366 g/mol. The van der Waals surface area contributed by atoms with Gasteiger partial charge in [0.05, 0.1) is 49.6 Å². The molecular formula is C20H27NO7. The number of epoxide rings is 1. The summed E-state index contributed by atoms with van der Waals surface area (Å²) in [7, 11) is 0. The molecule has 2 saturated heterocycles. The Hall–Kier alpha value is -1.71. The lowest BCUT2D eigenvalue weighted by Gasteiger charge is -2.37. The first-order chi connectivity index (χ1) is 13.4. The molecule has 2 aliphatic rings. The predicted octanol–water partition coefficient (Wildman–Crippen LogP) is 1.39. The molecule has 4 rings (SSSR count). The molecule has 8 heteroatoms. The van der Waals surface area contributed by atoms with Crippen molar-refractivity contribution < 1.29 is 33.6 Å². The first-order valence-corrected chi connectivity index (χ1v) is 9.74. The van der Waals surface area contributed by atoms with Crippen LogP contribution in [-0.2, 0) is 15.9 Å². The van der Waals surface area contributed by atoms with Gasteiger partial charge >= 0.3 is 0 Å². The Morgan fingerprint density at radius 1 is 1.21 bits per heavy atom. The molecule has 0 unspecified atom stereocenters. The van der Waals surface area contributed by atoms with Crippen LogP contribution in [0.25, 0.3) is 11.7 Å². The number of hydrogen-bond donors (Lipinski definition) is 3. The van der Waals surface area contributed by atoms with E-state index in [-0.39, 0.29) is 24.0 Å². The molecule has 8 atom stereocenters. The second-order valence-corrected chi connectivity index (χ2v) is 7.90. The number of rotatable bonds is 7. The highest BCUT2D eigenvalue weighted by Gasteiger charge is 2.48. The molecule has 0 radical (unpaired) electrons. The van der Waals surface area contributed by atoms with Crippen molar-refractivity contribution in [3.05, 3.63) is 30.4 Å². The minimum absolute atomic E-state index is 0.00344. The maximum absolute atomic E-state index is 10.6. The van der Waals surface area contributed by atoms with E-state index in [1.165, 1.54) is 0 Å². The lowest BCUT2D eigenvalue weighted by Crippen LogP contribution is -2.51. The summed E-state index contributed by atoms with van der Waals surface area (Å²) in [6.45, 7) is 4.03. The Kier molecular flexibility index (Phi) is 5.57. The summed E-state index contributed by atoms with van der Waals surface area (Å²) in [5, 5.41) is 30.7. The molecule has 154 valence electrons. The van der Waals surface area contributed by atoms with E-state index in [0.29, 0.717) is 36.9 Å². The van der Waals surface area contributed by atoms with Crippen LogP contribution < -0.4 is 0 Å². The quantitative estimate of drug-likeness (QED) is 0.603. The van der Waals surface area contributed by atoms with Gasteiger partial charge in [-0.25, -0.2) is 4.98 Å². The molecule has 0 aliphatic carbocycles. The van der Waals surface area contributed by atoms with E-state index in [2.05, 4.69) is 4.98 Å². The summed E-state index contributed by atoms with van der Waals surface area (Å²) in [5.41, 5.74) is 0. The average Bonchev–Trinajstić information content (AvgIpc) is 3.06. The van der Waals surface area contributed by atoms with Crippen molar-refractivity contribution in [2.45, 2.75) is 63.3 Å². The number of ether oxygens (including phenoxy) is 2. The van der Waals surface area contributed by atoms with Gasteiger partial charge in [0.15, 0.2) is 5.76 Å². The Balaban J connectivity index is 1.31. The van der Waals surface area contributed by atoms with Gasteiger partial charge in [0.25, 0.3) is 5.89 Å². The summed E-state index contributed by atoms with van der Waals surface area (Å²) in [5.74, 6) is 1.28. The van der Waals surface area contributed by atoms with Crippen LogP contribution in [0.5, 0.6) is 0 Å². The van der Waals surface area contributed by atoms with E-state index in [0.717, 1.165) is 0 Å². The Morgan fingerprint density at radius 2 is 2.04 bits per heavy atom. The highest BCUT2D eigenvalue weighted by molar-refractivity contribution is 5.43. The number of aromatic nitrogens is 1. The van der Waals surface area contributed by atoms with Crippen molar-refractivity contribution >= 4 is 0 Å². The van der Waals surface area contributed by atoms with E-state index in [4.69, 9.17) is 18.3 Å². The molecule has 3 N–H and O–H groups in total. The number of oxazole rings is 1. The molecule has 2 aliphatic heterocycles. The number of aliphatic hydroxyl groups excluding tert-OH is 3. The van der Waals surface area contributed by atoms with Gasteiger partial charge < -0.3 is 33.6 Å². The second-order valence-electron chi connectivity index (χ2n) is 7.90. The standard InChI is InChI=1S/C20H27NO7/c1-10(11(2)22)19-16(28-19)6-12-9-26-15(18(24)17(12)23)7-13-8-21-20(27-13)14-4-3-5-25-14/h3-5,8,10-12,15-19,22-24H,6-7,9H2,1-2H3/t10-,11-,12-,15-,16-,17+,18-,19-/m0/s1. The van der Waals surface area contributed by atoms with E-state index in [9.17, 15) is 15.3 Å². The molecule has 28 heavy (non-hydrogen) atoms. The minimum Gasteiger partial charge on any atom is -0.459 e. The predicted molar refractivity (Wildman–Crippen MR) is 97.3 cm³/mol. The first-order valence-electron chi connectivity index (χ1n) is 9.74.